The first-order valence-electron chi connectivity index (χ1n) is 10.5. The molecular formula is C22H23BrFN3O5S. The van der Waals surface area contributed by atoms with Crippen LogP contribution in [0.4, 0.5) is 10.1 Å². The minimum absolute atomic E-state index is 0.154. The maximum Gasteiger partial charge on any atom is 0.323 e. The van der Waals surface area contributed by atoms with Crippen molar-refractivity contribution in [3.05, 3.63) is 57.8 Å². The molecule has 1 saturated heterocycles. The van der Waals surface area contributed by atoms with Crippen LogP contribution in [0.5, 0.6) is 0 Å². The number of piperidine rings is 1. The van der Waals surface area contributed by atoms with E-state index in [0.717, 1.165) is 23.6 Å². The lowest BCUT2D eigenvalue weighted by atomic mass is 10.1. The van der Waals surface area contributed by atoms with Crippen LogP contribution in [0.3, 0.4) is 0 Å². The number of rotatable bonds is 5. The summed E-state index contributed by atoms with van der Waals surface area (Å²) in [5.74, 6) is -1.97. The second kappa shape index (κ2) is 9.40. The largest absolute Gasteiger partial charge is 0.480 e. The quantitative estimate of drug-likeness (QED) is 0.626. The molecule has 1 fully saturated rings. The monoisotopic (exact) mass is 539 g/mol. The number of carboxylic acids is 1. The SMILES string of the molecule is O=C(O)CN1CN(Cc2ccc(Br)cc2F)S(=O)(=O)c2cc(C(=O)N3CCCCC3)ccc21. The lowest BCUT2D eigenvalue weighted by Gasteiger charge is -2.37. The molecule has 0 atom stereocenters. The molecule has 0 saturated carbocycles. The molecule has 0 aromatic heterocycles. The number of hydrogen-bond donors (Lipinski definition) is 1. The first-order chi connectivity index (χ1) is 15.7. The number of anilines is 1. The molecule has 0 radical (unpaired) electrons. The molecule has 176 valence electrons. The number of aliphatic carboxylic acids is 1. The molecule has 8 nitrogen and oxygen atoms in total. The lowest BCUT2D eigenvalue weighted by Crippen LogP contribution is -2.48. The van der Waals surface area contributed by atoms with Gasteiger partial charge in [-0.3, -0.25) is 9.59 Å². The number of benzene rings is 2. The zero-order valence-corrected chi connectivity index (χ0v) is 20.1. The molecule has 1 amide bonds. The minimum atomic E-state index is -4.11. The number of carbonyl (C=O) groups is 2. The van der Waals surface area contributed by atoms with E-state index in [1.54, 1.807) is 11.0 Å². The molecule has 2 heterocycles. The Balaban J connectivity index is 1.73. The Morgan fingerprint density at radius 1 is 1.06 bits per heavy atom. The van der Waals surface area contributed by atoms with E-state index < -0.39 is 28.4 Å². The van der Waals surface area contributed by atoms with E-state index in [4.69, 9.17) is 0 Å². The van der Waals surface area contributed by atoms with Crippen molar-refractivity contribution in [3.63, 3.8) is 0 Å². The van der Waals surface area contributed by atoms with Crippen LogP contribution in [0, 0.1) is 5.82 Å². The van der Waals surface area contributed by atoms with Crippen LogP contribution in [0.25, 0.3) is 0 Å². The van der Waals surface area contributed by atoms with Crippen LogP contribution in [0.15, 0.2) is 45.8 Å². The lowest BCUT2D eigenvalue weighted by molar-refractivity contribution is -0.135. The van der Waals surface area contributed by atoms with Gasteiger partial charge in [-0.1, -0.05) is 22.0 Å². The molecule has 2 aliphatic heterocycles. The van der Waals surface area contributed by atoms with E-state index in [1.165, 1.54) is 35.2 Å². The van der Waals surface area contributed by atoms with Gasteiger partial charge in [0.15, 0.2) is 0 Å². The molecule has 0 bridgehead atoms. The maximum atomic E-state index is 14.4. The molecule has 11 heteroatoms. The van der Waals surface area contributed by atoms with E-state index in [9.17, 15) is 27.5 Å². The van der Waals surface area contributed by atoms with Crippen LogP contribution in [0.1, 0.15) is 35.2 Å². The molecule has 2 aliphatic rings. The van der Waals surface area contributed by atoms with Crippen molar-refractivity contribution in [3.8, 4) is 0 Å². The Kier molecular flexibility index (Phi) is 6.73. The van der Waals surface area contributed by atoms with Crippen molar-refractivity contribution >= 4 is 43.5 Å². The molecule has 0 aliphatic carbocycles. The summed E-state index contributed by atoms with van der Waals surface area (Å²) < 4.78 is 42.9. The van der Waals surface area contributed by atoms with E-state index in [0.29, 0.717) is 17.6 Å². The normalized spacial score (nSPS) is 18.1. The summed E-state index contributed by atoms with van der Waals surface area (Å²) in [6.07, 6.45) is 2.84. The number of halogens is 2. The summed E-state index contributed by atoms with van der Waals surface area (Å²) in [5.41, 5.74) is 0.590. The van der Waals surface area contributed by atoms with E-state index >= 15 is 0 Å². The molecule has 0 spiro atoms. The Bertz CT molecular complexity index is 1200. The Morgan fingerprint density at radius 2 is 1.79 bits per heavy atom. The van der Waals surface area contributed by atoms with Crippen LogP contribution in [-0.2, 0) is 21.4 Å². The van der Waals surface area contributed by atoms with Gasteiger partial charge in [-0.15, -0.1) is 0 Å². The Morgan fingerprint density at radius 3 is 2.45 bits per heavy atom. The van der Waals surface area contributed by atoms with Crippen LogP contribution in [-0.4, -0.2) is 60.9 Å². The molecule has 2 aromatic carbocycles. The van der Waals surface area contributed by atoms with Crippen molar-refractivity contribution in [1.82, 2.24) is 9.21 Å². The molecule has 1 N–H and O–H groups in total. The summed E-state index contributed by atoms with van der Waals surface area (Å²) in [6, 6.07) is 8.63. The molecular weight excluding hydrogens is 517 g/mol. The van der Waals surface area contributed by atoms with Gasteiger partial charge in [-0.05, 0) is 49.6 Å². The number of likely N-dealkylation sites (tertiary alicyclic amines) is 1. The highest BCUT2D eigenvalue weighted by molar-refractivity contribution is 9.10. The Hall–Kier alpha value is -2.50. The first kappa shape index (κ1) is 23.7. The number of nitrogens with zero attached hydrogens (tertiary/aromatic N) is 3. The van der Waals surface area contributed by atoms with Crippen molar-refractivity contribution in [2.24, 2.45) is 0 Å². The van der Waals surface area contributed by atoms with E-state index in [2.05, 4.69) is 15.9 Å². The molecule has 2 aromatic rings. The molecule has 4 rings (SSSR count). The highest BCUT2D eigenvalue weighted by Gasteiger charge is 2.37. The zero-order valence-electron chi connectivity index (χ0n) is 17.7. The van der Waals surface area contributed by atoms with Crippen LogP contribution < -0.4 is 4.90 Å². The number of sulfonamides is 1. The zero-order chi connectivity index (χ0) is 23.8. The predicted molar refractivity (Wildman–Crippen MR) is 123 cm³/mol. The second-order valence-corrected chi connectivity index (χ2v) is 10.9. The number of amides is 1. The van der Waals surface area contributed by atoms with Gasteiger partial charge in [0.05, 0.1) is 12.4 Å². The smallest absolute Gasteiger partial charge is 0.323 e. The van der Waals surface area contributed by atoms with Gasteiger partial charge in [0.1, 0.15) is 17.3 Å². The standard InChI is InChI=1S/C22H23BrFN3O5S/c23-17-6-4-16(18(24)11-17)12-27-14-26(13-21(28)29)19-7-5-15(10-20(19)33(27,31)32)22(30)25-8-2-1-3-9-25/h4-7,10-11H,1-3,8-9,12-14H2,(H,28,29). The van der Waals surface area contributed by atoms with Gasteiger partial charge in [0.25, 0.3) is 5.91 Å². The highest BCUT2D eigenvalue weighted by Crippen LogP contribution is 2.35. The fourth-order valence-electron chi connectivity index (χ4n) is 4.15. The van der Waals surface area contributed by atoms with Crippen LogP contribution >= 0.6 is 15.9 Å². The summed E-state index contributed by atoms with van der Waals surface area (Å²) in [5, 5.41) is 9.35. The number of hydrogen-bond acceptors (Lipinski definition) is 5. The van der Waals surface area contributed by atoms with Crippen molar-refractivity contribution in [1.29, 1.82) is 0 Å². The van der Waals surface area contributed by atoms with Crippen LogP contribution in [0.2, 0.25) is 0 Å². The molecule has 33 heavy (non-hydrogen) atoms. The highest BCUT2D eigenvalue weighted by atomic mass is 79.9. The van der Waals surface area contributed by atoms with Crippen molar-refractivity contribution in [2.75, 3.05) is 31.2 Å². The number of carboxylic acid groups (broad SMARTS) is 1. The fraction of sp³-hybridized carbons (Fsp3) is 0.364. The van der Waals surface area contributed by atoms with Gasteiger partial charge in [-0.25, -0.2) is 12.8 Å². The van der Waals surface area contributed by atoms with Gasteiger partial charge < -0.3 is 14.9 Å². The van der Waals surface area contributed by atoms with E-state index in [1.807, 2.05) is 0 Å². The van der Waals surface area contributed by atoms with Gasteiger partial charge >= 0.3 is 5.97 Å². The van der Waals surface area contributed by atoms with E-state index in [-0.39, 0.29) is 40.8 Å². The number of carbonyl (C=O) groups excluding carboxylic acids is 1. The Labute approximate surface area is 199 Å². The molecule has 0 unspecified atom stereocenters. The van der Waals surface area contributed by atoms with Gasteiger partial charge in [0, 0.05) is 35.2 Å². The third kappa shape index (κ3) is 4.90. The third-order valence-electron chi connectivity index (χ3n) is 5.82. The van der Waals surface area contributed by atoms with Crippen molar-refractivity contribution in [2.45, 2.75) is 30.7 Å². The first-order valence-corrected chi connectivity index (χ1v) is 12.7. The summed E-state index contributed by atoms with van der Waals surface area (Å²) in [4.78, 5) is 27.3. The third-order valence-corrected chi connectivity index (χ3v) is 8.13. The van der Waals surface area contributed by atoms with Gasteiger partial charge in [-0.2, -0.15) is 4.31 Å². The summed E-state index contributed by atoms with van der Waals surface area (Å²) >= 11 is 3.17. The topological polar surface area (TPSA) is 98.2 Å². The predicted octanol–water partition coefficient (Wildman–Crippen LogP) is 3.27. The second-order valence-electron chi connectivity index (χ2n) is 8.12. The maximum absolute atomic E-state index is 14.4. The fourth-order valence-corrected chi connectivity index (χ4v) is 6.10. The average Bonchev–Trinajstić information content (AvgIpc) is 2.78. The van der Waals surface area contributed by atoms with Gasteiger partial charge in [0.2, 0.25) is 10.0 Å². The average molecular weight is 540 g/mol. The number of fused-ring (bicyclic) bond motifs is 1. The summed E-state index contributed by atoms with van der Waals surface area (Å²) in [6.45, 7) is 0.255. The summed E-state index contributed by atoms with van der Waals surface area (Å²) in [7, 11) is -4.11. The van der Waals surface area contributed by atoms with Crippen molar-refractivity contribution < 1.29 is 27.5 Å². The minimum Gasteiger partial charge on any atom is -0.480 e.